The molecule has 2 aromatic carbocycles. The summed E-state index contributed by atoms with van der Waals surface area (Å²) in [7, 11) is -3.75. The van der Waals surface area contributed by atoms with Crippen molar-refractivity contribution < 1.29 is 18.0 Å². The third-order valence-corrected chi connectivity index (χ3v) is 6.13. The Bertz CT molecular complexity index is 922. The monoisotopic (exact) mass is 401 g/mol. The first-order valence-corrected chi connectivity index (χ1v) is 10.7. The molecular formula is C20H23N3O4S. The zero-order valence-corrected chi connectivity index (χ0v) is 16.2. The summed E-state index contributed by atoms with van der Waals surface area (Å²) >= 11 is 0. The number of amides is 2. The van der Waals surface area contributed by atoms with Crippen LogP contribution in [0.2, 0.25) is 0 Å². The lowest BCUT2D eigenvalue weighted by molar-refractivity contribution is -0.126. The van der Waals surface area contributed by atoms with Gasteiger partial charge in [0.2, 0.25) is 5.91 Å². The maximum Gasteiger partial charge on any atom is 0.269 e. The molecule has 0 unspecified atom stereocenters. The van der Waals surface area contributed by atoms with Gasteiger partial charge < -0.3 is 0 Å². The van der Waals surface area contributed by atoms with Crippen LogP contribution in [0, 0.1) is 5.92 Å². The van der Waals surface area contributed by atoms with Crippen LogP contribution >= 0.6 is 0 Å². The van der Waals surface area contributed by atoms with E-state index in [-0.39, 0.29) is 22.3 Å². The van der Waals surface area contributed by atoms with Gasteiger partial charge >= 0.3 is 0 Å². The lowest BCUT2D eigenvalue weighted by atomic mass is 9.89. The van der Waals surface area contributed by atoms with E-state index in [0.717, 1.165) is 32.1 Å². The summed E-state index contributed by atoms with van der Waals surface area (Å²) in [6, 6.07) is 14.1. The summed E-state index contributed by atoms with van der Waals surface area (Å²) in [4.78, 5) is 24.3. The van der Waals surface area contributed by atoms with Gasteiger partial charge in [0.15, 0.2) is 0 Å². The predicted molar refractivity (Wildman–Crippen MR) is 106 cm³/mol. The molecule has 8 heteroatoms. The number of hydrazine groups is 1. The summed E-state index contributed by atoms with van der Waals surface area (Å²) in [5.74, 6) is -0.742. The molecule has 2 amide bonds. The minimum absolute atomic E-state index is 0.0409. The maximum absolute atomic E-state index is 12.4. The topological polar surface area (TPSA) is 104 Å². The number of carbonyl (C=O) groups is 2. The first-order valence-electron chi connectivity index (χ1n) is 9.24. The Morgan fingerprint density at radius 1 is 0.821 bits per heavy atom. The first-order chi connectivity index (χ1) is 13.5. The van der Waals surface area contributed by atoms with Gasteiger partial charge in [0.1, 0.15) is 0 Å². The zero-order chi connectivity index (χ0) is 20.0. The van der Waals surface area contributed by atoms with E-state index in [2.05, 4.69) is 15.6 Å². The van der Waals surface area contributed by atoms with Crippen LogP contribution in [0.15, 0.2) is 59.5 Å². The lowest BCUT2D eigenvalue weighted by Gasteiger charge is -2.20. The van der Waals surface area contributed by atoms with Gasteiger partial charge in [0.25, 0.3) is 15.9 Å². The van der Waals surface area contributed by atoms with Crippen LogP contribution in [0.3, 0.4) is 0 Å². The van der Waals surface area contributed by atoms with E-state index >= 15 is 0 Å². The van der Waals surface area contributed by atoms with Gasteiger partial charge in [0.05, 0.1) is 4.90 Å². The van der Waals surface area contributed by atoms with Crippen LogP contribution in [0.5, 0.6) is 0 Å². The molecule has 0 atom stereocenters. The van der Waals surface area contributed by atoms with Gasteiger partial charge in [0, 0.05) is 17.2 Å². The van der Waals surface area contributed by atoms with Crippen LogP contribution in [-0.4, -0.2) is 20.2 Å². The van der Waals surface area contributed by atoms with E-state index in [9.17, 15) is 18.0 Å². The van der Waals surface area contributed by atoms with Crippen molar-refractivity contribution in [1.82, 2.24) is 10.9 Å². The fraction of sp³-hybridized carbons (Fsp3) is 0.300. The van der Waals surface area contributed by atoms with Gasteiger partial charge in [-0.15, -0.1) is 0 Å². The van der Waals surface area contributed by atoms with E-state index in [4.69, 9.17) is 0 Å². The van der Waals surface area contributed by atoms with E-state index in [1.54, 1.807) is 30.3 Å². The quantitative estimate of drug-likeness (QED) is 0.670. The number of nitrogens with one attached hydrogen (secondary N) is 3. The molecule has 0 bridgehead atoms. The molecule has 0 radical (unpaired) electrons. The van der Waals surface area contributed by atoms with Crippen molar-refractivity contribution in [2.24, 2.45) is 5.92 Å². The van der Waals surface area contributed by atoms with Crippen molar-refractivity contribution in [3.05, 3.63) is 60.2 Å². The Labute approximate surface area is 164 Å². The fourth-order valence-corrected chi connectivity index (χ4v) is 4.22. The molecule has 0 aliphatic heterocycles. The van der Waals surface area contributed by atoms with Crippen molar-refractivity contribution in [2.45, 2.75) is 37.0 Å². The van der Waals surface area contributed by atoms with Crippen LogP contribution in [0.1, 0.15) is 42.5 Å². The van der Waals surface area contributed by atoms with Gasteiger partial charge in [-0.25, -0.2) is 8.42 Å². The number of anilines is 1. The highest BCUT2D eigenvalue weighted by molar-refractivity contribution is 7.92. The first kappa shape index (κ1) is 19.9. The Kier molecular flexibility index (Phi) is 6.30. The second kappa shape index (κ2) is 8.88. The summed E-state index contributed by atoms with van der Waals surface area (Å²) in [5, 5.41) is 0. The number of rotatable bonds is 5. The van der Waals surface area contributed by atoms with E-state index in [1.807, 2.05) is 0 Å². The van der Waals surface area contributed by atoms with Gasteiger partial charge in [-0.05, 0) is 49.2 Å². The molecule has 0 spiro atoms. The molecule has 2 aromatic rings. The smallest absolute Gasteiger partial charge is 0.269 e. The highest BCUT2D eigenvalue weighted by Crippen LogP contribution is 2.23. The highest BCUT2D eigenvalue weighted by atomic mass is 32.2. The largest absolute Gasteiger partial charge is 0.280 e. The minimum atomic E-state index is -3.75. The molecule has 0 heterocycles. The van der Waals surface area contributed by atoms with Gasteiger partial charge in [-0.3, -0.25) is 25.2 Å². The predicted octanol–water partition coefficient (Wildman–Crippen LogP) is 2.83. The molecular weight excluding hydrogens is 378 g/mol. The molecule has 148 valence electrons. The number of hydrogen-bond acceptors (Lipinski definition) is 4. The number of benzene rings is 2. The molecule has 3 rings (SSSR count). The molecule has 28 heavy (non-hydrogen) atoms. The number of carbonyl (C=O) groups excluding carboxylic acids is 2. The molecule has 1 aliphatic carbocycles. The normalized spacial score (nSPS) is 14.9. The Morgan fingerprint density at radius 2 is 1.46 bits per heavy atom. The van der Waals surface area contributed by atoms with Crippen LogP contribution < -0.4 is 15.6 Å². The van der Waals surface area contributed by atoms with Crippen molar-refractivity contribution in [3.8, 4) is 0 Å². The lowest BCUT2D eigenvalue weighted by Crippen LogP contribution is -2.44. The van der Waals surface area contributed by atoms with E-state index in [0.29, 0.717) is 5.69 Å². The van der Waals surface area contributed by atoms with Crippen molar-refractivity contribution >= 4 is 27.5 Å². The molecule has 0 saturated heterocycles. The van der Waals surface area contributed by atoms with Crippen LogP contribution in [0.4, 0.5) is 5.69 Å². The number of para-hydroxylation sites is 1. The highest BCUT2D eigenvalue weighted by Gasteiger charge is 2.21. The summed E-state index contributed by atoms with van der Waals surface area (Å²) in [6.07, 6.45) is 4.87. The standard InChI is InChI=1S/C20H23N3O4S/c24-19(15-7-3-1-4-8-15)21-22-20(25)16-11-13-18(14-12-16)28(26,27)23-17-9-5-2-6-10-17/h2,5-6,9-15,23H,1,3-4,7-8H2,(H,21,24)(H,22,25). The number of sulfonamides is 1. The second-order valence-electron chi connectivity index (χ2n) is 6.77. The SMILES string of the molecule is O=C(NNC(=O)C1CCCCC1)c1ccc(S(=O)(=O)Nc2ccccc2)cc1. The van der Waals surface area contributed by atoms with E-state index in [1.165, 1.54) is 24.3 Å². The van der Waals surface area contributed by atoms with E-state index < -0.39 is 15.9 Å². The fourth-order valence-electron chi connectivity index (χ4n) is 3.16. The zero-order valence-electron chi connectivity index (χ0n) is 15.4. The maximum atomic E-state index is 12.4. The molecule has 3 N–H and O–H groups in total. The number of hydrogen-bond donors (Lipinski definition) is 3. The van der Waals surface area contributed by atoms with Crippen molar-refractivity contribution in [1.29, 1.82) is 0 Å². The second-order valence-corrected chi connectivity index (χ2v) is 8.46. The molecule has 1 saturated carbocycles. The molecule has 0 aromatic heterocycles. The van der Waals surface area contributed by atoms with Crippen LogP contribution in [0.25, 0.3) is 0 Å². The summed E-state index contributed by atoms with van der Waals surface area (Å²) in [6.45, 7) is 0. The Balaban J connectivity index is 1.58. The van der Waals surface area contributed by atoms with Gasteiger partial charge in [-0.2, -0.15) is 0 Å². The summed E-state index contributed by atoms with van der Waals surface area (Å²) in [5.41, 5.74) is 5.56. The minimum Gasteiger partial charge on any atom is -0.280 e. The molecule has 1 aliphatic rings. The van der Waals surface area contributed by atoms with Crippen LogP contribution in [-0.2, 0) is 14.8 Å². The van der Waals surface area contributed by atoms with Crippen molar-refractivity contribution in [3.63, 3.8) is 0 Å². The summed E-state index contributed by atoms with van der Waals surface area (Å²) < 4.78 is 27.3. The Morgan fingerprint density at radius 3 is 2.11 bits per heavy atom. The third kappa shape index (κ3) is 5.10. The Hall–Kier alpha value is -2.87. The third-order valence-electron chi connectivity index (χ3n) is 4.73. The molecule has 7 nitrogen and oxygen atoms in total. The average molecular weight is 401 g/mol. The van der Waals surface area contributed by atoms with Gasteiger partial charge in [-0.1, -0.05) is 37.5 Å². The average Bonchev–Trinajstić information content (AvgIpc) is 2.73. The molecule has 1 fully saturated rings. The van der Waals surface area contributed by atoms with Crippen molar-refractivity contribution in [2.75, 3.05) is 4.72 Å².